The van der Waals surface area contributed by atoms with E-state index in [-0.39, 0.29) is 24.8 Å². The van der Waals surface area contributed by atoms with Crippen molar-refractivity contribution in [2.45, 2.75) is 66.7 Å². The molecule has 3 aliphatic rings. The second-order valence-corrected chi connectivity index (χ2v) is 10.8. The Hall–Kier alpha value is 0.423. The molecule has 1 saturated carbocycles. The molecule has 126 valence electrons. The van der Waals surface area contributed by atoms with Crippen LogP contribution in [0.2, 0.25) is 0 Å². The van der Waals surface area contributed by atoms with Crippen molar-refractivity contribution in [1.82, 2.24) is 0 Å². The van der Waals surface area contributed by atoms with Gasteiger partial charge in [-0.3, -0.25) is 0 Å². The van der Waals surface area contributed by atoms with Gasteiger partial charge in [-0.25, -0.2) is 0 Å². The van der Waals surface area contributed by atoms with E-state index in [0.717, 1.165) is 5.92 Å². The Labute approximate surface area is 166 Å². The molecule has 0 saturated heterocycles. The van der Waals surface area contributed by atoms with Crippen LogP contribution in [-0.4, -0.2) is 0 Å². The molecule has 0 aromatic rings. The first kappa shape index (κ1) is 21.5. The van der Waals surface area contributed by atoms with Gasteiger partial charge < -0.3 is 24.8 Å². The number of allylic oxidation sites excluding steroid dienone is 8. The van der Waals surface area contributed by atoms with Crippen LogP contribution >= 0.6 is 0 Å². The van der Waals surface area contributed by atoms with Gasteiger partial charge in [0.15, 0.2) is 0 Å². The van der Waals surface area contributed by atoms with E-state index >= 15 is 0 Å². The Morgan fingerprint density at radius 2 is 1.61 bits per heavy atom. The van der Waals surface area contributed by atoms with Crippen LogP contribution in [0.15, 0.2) is 41.0 Å². The van der Waals surface area contributed by atoms with Crippen molar-refractivity contribution in [3.63, 3.8) is 0 Å². The number of rotatable bonds is 3. The average molecular weight is 431 g/mol. The fourth-order valence-corrected chi connectivity index (χ4v) is 8.75. The van der Waals surface area contributed by atoms with Crippen LogP contribution in [0.1, 0.15) is 66.7 Å². The predicted molar refractivity (Wildman–Crippen MR) is 87.6 cm³/mol. The van der Waals surface area contributed by atoms with Gasteiger partial charge in [-0.15, -0.1) is 0 Å². The monoisotopic (exact) mass is 428 g/mol. The summed E-state index contributed by atoms with van der Waals surface area (Å²) in [7, 11) is 0. The Bertz CT molecular complexity index is 585. The van der Waals surface area contributed by atoms with Crippen LogP contribution in [0.4, 0.5) is 0 Å². The summed E-state index contributed by atoms with van der Waals surface area (Å²) in [6, 6.07) is 0. The maximum absolute atomic E-state index is 2.48. The average Bonchev–Trinajstić information content (AvgIpc) is 3.14. The minimum absolute atomic E-state index is 0. The van der Waals surface area contributed by atoms with Gasteiger partial charge >= 0.3 is 142 Å². The molecule has 3 heteroatoms. The summed E-state index contributed by atoms with van der Waals surface area (Å²) in [6.07, 6.45) is 12.0. The molecule has 0 heterocycles. The zero-order valence-corrected chi connectivity index (χ0v) is 19.0. The summed E-state index contributed by atoms with van der Waals surface area (Å²) in [6.45, 7) is 12.0. The van der Waals surface area contributed by atoms with Crippen molar-refractivity contribution in [2.75, 3.05) is 0 Å². The zero-order valence-electron chi connectivity index (χ0n) is 15.0. The molecule has 0 nitrogen and oxygen atoms in total. The second kappa shape index (κ2) is 8.20. The van der Waals surface area contributed by atoms with E-state index in [9.17, 15) is 0 Å². The van der Waals surface area contributed by atoms with Crippen LogP contribution in [0.3, 0.4) is 0 Å². The summed E-state index contributed by atoms with van der Waals surface area (Å²) >= 11 is -0.608. The molecule has 1 fully saturated rings. The zero-order chi connectivity index (χ0) is 15.2. The first-order chi connectivity index (χ1) is 9.93. The van der Waals surface area contributed by atoms with E-state index in [1.165, 1.54) is 32.1 Å². The minimum atomic E-state index is -0.608. The van der Waals surface area contributed by atoms with E-state index in [1.807, 2.05) is 6.56 Å². The van der Waals surface area contributed by atoms with Crippen molar-refractivity contribution in [3.05, 3.63) is 41.0 Å². The third kappa shape index (κ3) is 3.83. The van der Waals surface area contributed by atoms with Gasteiger partial charge in [0, 0.05) is 0 Å². The molecule has 0 amide bonds. The first-order valence-corrected chi connectivity index (χ1v) is 10.9. The van der Waals surface area contributed by atoms with Crippen LogP contribution < -0.4 is 24.8 Å². The van der Waals surface area contributed by atoms with Gasteiger partial charge in [-0.2, -0.15) is 0 Å². The van der Waals surface area contributed by atoms with Crippen molar-refractivity contribution in [1.29, 1.82) is 0 Å². The number of hydrogen-bond donors (Lipinski definition) is 0. The molecular formula is C20H28Cl2Zr. The summed E-state index contributed by atoms with van der Waals surface area (Å²) in [5, 5.41) is 0. The van der Waals surface area contributed by atoms with E-state index in [0.29, 0.717) is 5.41 Å². The van der Waals surface area contributed by atoms with E-state index in [1.54, 1.807) is 22.3 Å². The first-order valence-electron chi connectivity index (χ1n) is 8.49. The summed E-state index contributed by atoms with van der Waals surface area (Å²) in [5.74, 6) is 0.903. The van der Waals surface area contributed by atoms with E-state index in [4.69, 9.17) is 0 Å². The largest absolute Gasteiger partial charge is 1.00 e. The SMILES string of the molecule is CC1=C(C)C(C)(C)[C]([Zr+2][C]2=C(C3CCCC3)C=CC2)=C1C.[Cl-].[Cl-]. The van der Waals surface area contributed by atoms with E-state index in [2.05, 4.69) is 46.8 Å². The van der Waals surface area contributed by atoms with Crippen molar-refractivity contribution >= 4 is 0 Å². The summed E-state index contributed by atoms with van der Waals surface area (Å²) in [5.41, 5.74) is 6.93. The smallest absolute Gasteiger partial charge is 1.00 e. The Kier molecular flexibility index (Phi) is 7.65. The number of halogens is 2. The van der Waals surface area contributed by atoms with Crippen LogP contribution in [0, 0.1) is 11.3 Å². The predicted octanol–water partition coefficient (Wildman–Crippen LogP) is 0.131. The normalized spacial score (nSPS) is 23.3. The summed E-state index contributed by atoms with van der Waals surface area (Å²) in [4.78, 5) is 0. The molecule has 0 bridgehead atoms. The van der Waals surface area contributed by atoms with Gasteiger partial charge in [0.25, 0.3) is 0 Å². The molecule has 0 atom stereocenters. The molecular weight excluding hydrogens is 402 g/mol. The van der Waals surface area contributed by atoms with Crippen molar-refractivity contribution in [2.24, 2.45) is 11.3 Å². The Morgan fingerprint density at radius 1 is 1.00 bits per heavy atom. The van der Waals surface area contributed by atoms with Gasteiger partial charge in [-0.1, -0.05) is 0 Å². The topological polar surface area (TPSA) is 0 Å². The third-order valence-corrected chi connectivity index (χ3v) is 11.1. The fraction of sp³-hybridized carbons (Fsp3) is 0.600. The molecule has 0 aliphatic heterocycles. The maximum Gasteiger partial charge on any atom is -1.00 e. The number of hydrogen-bond acceptors (Lipinski definition) is 0. The van der Waals surface area contributed by atoms with Gasteiger partial charge in [0.1, 0.15) is 0 Å². The molecule has 3 aliphatic carbocycles. The van der Waals surface area contributed by atoms with Crippen molar-refractivity contribution in [3.8, 4) is 0 Å². The van der Waals surface area contributed by atoms with Crippen molar-refractivity contribution < 1.29 is 48.0 Å². The molecule has 0 radical (unpaired) electrons. The minimum Gasteiger partial charge on any atom is -1.00 e. The standard InChI is InChI=1S/C10H13.C10H15.2ClH.Zr/c1-2-6-9(5-1)10-7-3-4-8-10;1-7-6-10(4,5)9(3)8(7)2;;;/h1,5,10H,2-4,7-8H2;1-5H3;2*1H;/q;;;;+2/p-2. The van der Waals surface area contributed by atoms with Crippen LogP contribution in [0.5, 0.6) is 0 Å². The van der Waals surface area contributed by atoms with Gasteiger partial charge in [0.2, 0.25) is 0 Å². The summed E-state index contributed by atoms with van der Waals surface area (Å²) < 4.78 is 3.73. The van der Waals surface area contributed by atoms with Gasteiger partial charge in [-0.05, 0) is 0 Å². The molecule has 0 spiro atoms. The molecule has 0 N–H and O–H groups in total. The van der Waals surface area contributed by atoms with Crippen LogP contribution in [-0.2, 0) is 23.2 Å². The molecule has 0 aromatic carbocycles. The maximum atomic E-state index is 2.48. The van der Waals surface area contributed by atoms with Gasteiger partial charge in [0.05, 0.1) is 0 Å². The quantitative estimate of drug-likeness (QED) is 0.597. The fourth-order valence-electron chi connectivity index (χ4n) is 4.26. The Balaban J connectivity index is 0.00000132. The van der Waals surface area contributed by atoms with Crippen LogP contribution in [0.25, 0.3) is 0 Å². The second-order valence-electron chi connectivity index (χ2n) is 7.52. The third-order valence-electron chi connectivity index (χ3n) is 6.10. The molecule has 0 aromatic heterocycles. The Morgan fingerprint density at radius 3 is 2.13 bits per heavy atom. The van der Waals surface area contributed by atoms with E-state index < -0.39 is 23.2 Å². The molecule has 0 unspecified atom stereocenters. The molecule has 23 heavy (non-hydrogen) atoms. The molecule has 3 rings (SSSR count).